The Kier molecular flexibility index (Phi) is 4.28. The molecule has 0 unspecified atom stereocenters. The topological polar surface area (TPSA) is 69.4 Å². The molecule has 0 aliphatic heterocycles. The van der Waals surface area contributed by atoms with Gasteiger partial charge in [0.25, 0.3) is 5.69 Å². The highest BCUT2D eigenvalue weighted by Gasteiger charge is 2.04. The molecule has 0 bridgehead atoms. The third-order valence-corrected chi connectivity index (χ3v) is 1.31. The first kappa shape index (κ1) is 12.1. The highest BCUT2D eigenvalue weighted by molar-refractivity contribution is 5.69. The number of benzene rings is 1. The first-order chi connectivity index (χ1) is 6.09. The van der Waals surface area contributed by atoms with Crippen LogP contribution < -0.4 is 4.74 Å². The summed E-state index contributed by atoms with van der Waals surface area (Å²) in [4.78, 5) is 20.2. The Balaban J connectivity index is 0.00000169. The van der Waals surface area contributed by atoms with Gasteiger partial charge in [-0.05, 0) is 12.1 Å². The number of non-ortho nitro benzene ring substituents is 1. The molecule has 0 aliphatic carbocycles. The molecule has 1 aromatic carbocycles. The molecule has 14 heavy (non-hydrogen) atoms. The molecule has 1 rings (SSSR count). The van der Waals surface area contributed by atoms with Gasteiger partial charge in [-0.2, -0.15) is 0 Å². The van der Waals surface area contributed by atoms with Crippen molar-refractivity contribution in [3.05, 3.63) is 34.4 Å². The second-order valence-corrected chi connectivity index (χ2v) is 2.34. The van der Waals surface area contributed by atoms with Crippen molar-refractivity contribution in [3.8, 4) is 5.75 Å². The van der Waals surface area contributed by atoms with E-state index in [2.05, 4.69) is 4.74 Å². The van der Waals surface area contributed by atoms with Crippen molar-refractivity contribution in [2.75, 3.05) is 0 Å². The van der Waals surface area contributed by atoms with Gasteiger partial charge in [0, 0.05) is 19.1 Å². The zero-order chi connectivity index (χ0) is 9.84. The first-order valence-corrected chi connectivity index (χ1v) is 3.52. The van der Waals surface area contributed by atoms with Crippen molar-refractivity contribution in [1.29, 1.82) is 0 Å². The molecule has 5 nitrogen and oxygen atoms in total. The summed E-state index contributed by atoms with van der Waals surface area (Å²) < 4.78 is 4.69. The van der Waals surface area contributed by atoms with Gasteiger partial charge in [-0.1, -0.05) is 7.43 Å². The molecule has 0 aromatic heterocycles. The predicted molar refractivity (Wildman–Crippen MR) is 51.1 cm³/mol. The van der Waals surface area contributed by atoms with E-state index in [0.717, 1.165) is 0 Å². The van der Waals surface area contributed by atoms with Crippen molar-refractivity contribution in [1.82, 2.24) is 0 Å². The maximum atomic E-state index is 10.5. The molecule has 0 saturated heterocycles. The molecule has 0 N–H and O–H groups in total. The van der Waals surface area contributed by atoms with E-state index in [1.807, 2.05) is 0 Å². The van der Waals surface area contributed by atoms with Gasteiger partial charge >= 0.3 is 5.97 Å². The van der Waals surface area contributed by atoms with Gasteiger partial charge in [-0.15, -0.1) is 0 Å². The van der Waals surface area contributed by atoms with Crippen LogP contribution in [0.2, 0.25) is 0 Å². The van der Waals surface area contributed by atoms with Crippen LogP contribution in [0.15, 0.2) is 24.3 Å². The summed E-state index contributed by atoms with van der Waals surface area (Å²) >= 11 is 0. The monoisotopic (exact) mass is 197 g/mol. The Bertz CT molecular complexity index is 331. The van der Waals surface area contributed by atoms with Crippen molar-refractivity contribution >= 4 is 11.7 Å². The van der Waals surface area contributed by atoms with Gasteiger partial charge in [0.1, 0.15) is 5.75 Å². The Morgan fingerprint density at radius 1 is 1.36 bits per heavy atom. The minimum atomic E-state index is -0.516. The fourth-order valence-corrected chi connectivity index (χ4v) is 0.802. The zero-order valence-corrected chi connectivity index (χ0v) is 6.89. The van der Waals surface area contributed by atoms with E-state index < -0.39 is 10.9 Å². The molecule has 0 radical (unpaired) electrons. The van der Waals surface area contributed by atoms with Crippen molar-refractivity contribution in [2.24, 2.45) is 0 Å². The molecule has 0 fully saturated rings. The van der Waals surface area contributed by atoms with E-state index in [0.29, 0.717) is 5.75 Å². The minimum absolute atomic E-state index is 0. The van der Waals surface area contributed by atoms with Crippen LogP contribution >= 0.6 is 0 Å². The highest BCUT2D eigenvalue weighted by Crippen LogP contribution is 2.17. The van der Waals surface area contributed by atoms with E-state index in [1.54, 1.807) is 0 Å². The Labute approximate surface area is 81.5 Å². The summed E-state index contributed by atoms with van der Waals surface area (Å²) in [6.07, 6.45) is 0. The molecule has 0 aliphatic rings. The lowest BCUT2D eigenvalue weighted by atomic mass is 10.3. The average Bonchev–Trinajstić information content (AvgIpc) is 2.04. The molecule has 0 atom stereocenters. The van der Waals surface area contributed by atoms with Crippen LogP contribution in [0.25, 0.3) is 0 Å². The molecule has 5 heteroatoms. The number of rotatable bonds is 2. The summed E-state index contributed by atoms with van der Waals surface area (Å²) in [7, 11) is 0. The summed E-state index contributed by atoms with van der Waals surface area (Å²) in [6, 6.07) is 5.30. The van der Waals surface area contributed by atoms with Gasteiger partial charge in [0.15, 0.2) is 0 Å². The summed E-state index contributed by atoms with van der Waals surface area (Å²) in [6.45, 7) is 1.27. The normalized spacial score (nSPS) is 8.64. The Hall–Kier alpha value is -1.91. The third-order valence-electron chi connectivity index (χ3n) is 1.31. The summed E-state index contributed by atoms with van der Waals surface area (Å²) in [5.74, 6) is -0.146. The molecule has 76 valence electrons. The second kappa shape index (κ2) is 4.96. The summed E-state index contributed by atoms with van der Waals surface area (Å²) in [5, 5.41) is 10.2. The van der Waals surface area contributed by atoms with Gasteiger partial charge in [-0.25, -0.2) is 0 Å². The lowest BCUT2D eigenvalue weighted by molar-refractivity contribution is -0.384. The number of carbonyl (C=O) groups is 1. The van der Waals surface area contributed by atoms with Crippen LogP contribution in [0.3, 0.4) is 0 Å². The van der Waals surface area contributed by atoms with Crippen molar-refractivity contribution < 1.29 is 14.5 Å². The van der Waals surface area contributed by atoms with Crippen LogP contribution in [0.1, 0.15) is 14.4 Å². The van der Waals surface area contributed by atoms with Crippen molar-refractivity contribution in [2.45, 2.75) is 14.4 Å². The molecular weight excluding hydrogens is 186 g/mol. The number of nitro groups is 1. The maximum absolute atomic E-state index is 10.5. The smallest absolute Gasteiger partial charge is 0.308 e. The Morgan fingerprint density at radius 2 is 1.86 bits per heavy atom. The van der Waals surface area contributed by atoms with Gasteiger partial charge in [-0.3, -0.25) is 14.9 Å². The number of ether oxygens (including phenoxy) is 1. The quantitative estimate of drug-likeness (QED) is 0.315. The molecule has 0 saturated carbocycles. The fraction of sp³-hybridized carbons (Fsp3) is 0.222. The maximum Gasteiger partial charge on any atom is 0.308 e. The van der Waals surface area contributed by atoms with E-state index in [-0.39, 0.29) is 13.1 Å². The number of nitro benzene ring substituents is 1. The first-order valence-electron chi connectivity index (χ1n) is 3.52. The van der Waals surface area contributed by atoms with E-state index in [1.165, 1.54) is 31.2 Å². The lowest BCUT2D eigenvalue weighted by Gasteiger charge is -1.98. The second-order valence-electron chi connectivity index (χ2n) is 2.34. The average molecular weight is 197 g/mol. The van der Waals surface area contributed by atoms with Crippen LogP contribution in [0.4, 0.5) is 5.69 Å². The molecule has 0 amide bonds. The number of hydrogen-bond donors (Lipinski definition) is 0. The van der Waals surface area contributed by atoms with E-state index >= 15 is 0 Å². The van der Waals surface area contributed by atoms with E-state index in [4.69, 9.17) is 0 Å². The van der Waals surface area contributed by atoms with Crippen molar-refractivity contribution in [3.63, 3.8) is 0 Å². The minimum Gasteiger partial charge on any atom is -0.427 e. The summed E-state index contributed by atoms with van der Waals surface area (Å²) in [5.41, 5.74) is -0.0316. The highest BCUT2D eigenvalue weighted by atomic mass is 16.6. The van der Waals surface area contributed by atoms with Gasteiger partial charge in [0.05, 0.1) is 4.92 Å². The molecular formula is C9H11NO4. The van der Waals surface area contributed by atoms with Crippen LogP contribution in [-0.2, 0) is 4.79 Å². The van der Waals surface area contributed by atoms with Gasteiger partial charge < -0.3 is 4.74 Å². The van der Waals surface area contributed by atoms with Crippen LogP contribution in [0, 0.1) is 10.1 Å². The fourth-order valence-electron chi connectivity index (χ4n) is 0.802. The third kappa shape index (κ3) is 3.22. The standard InChI is InChI=1S/C8H7NO4.CH4/c1-6(10)13-8-4-2-7(3-5-8)9(11)12;/h2-5H,1H3;1H4. The number of hydrogen-bond acceptors (Lipinski definition) is 4. The predicted octanol–water partition coefficient (Wildman–Crippen LogP) is 2.16. The van der Waals surface area contributed by atoms with Crippen LogP contribution in [-0.4, -0.2) is 10.9 Å². The lowest BCUT2D eigenvalue weighted by Crippen LogP contribution is -2.01. The largest absolute Gasteiger partial charge is 0.427 e. The number of esters is 1. The number of nitrogens with zero attached hydrogens (tertiary/aromatic N) is 1. The Morgan fingerprint density at radius 3 is 2.21 bits per heavy atom. The molecule has 0 heterocycles. The number of carbonyl (C=O) groups excluding carboxylic acids is 1. The SMILES string of the molecule is C.CC(=O)Oc1ccc([N+](=O)[O-])cc1. The van der Waals surface area contributed by atoms with E-state index in [9.17, 15) is 14.9 Å². The molecule has 0 spiro atoms. The zero-order valence-electron chi connectivity index (χ0n) is 6.89. The van der Waals surface area contributed by atoms with Crippen LogP contribution in [0.5, 0.6) is 5.75 Å². The van der Waals surface area contributed by atoms with Gasteiger partial charge in [0.2, 0.25) is 0 Å². The molecule has 1 aromatic rings.